The summed E-state index contributed by atoms with van der Waals surface area (Å²) < 4.78 is 24.3. The fraction of sp³-hybridized carbons (Fsp3) is 0.235. The molecule has 0 saturated carbocycles. The molecule has 128 valence electrons. The van der Waals surface area contributed by atoms with Crippen LogP contribution in [0.1, 0.15) is 21.5 Å². The van der Waals surface area contributed by atoms with Crippen LogP contribution in [0, 0.1) is 13.8 Å². The van der Waals surface area contributed by atoms with Crippen LogP contribution in [0.15, 0.2) is 36.4 Å². The molecular formula is C17H19ClN2O3S. The van der Waals surface area contributed by atoms with Crippen molar-refractivity contribution in [2.45, 2.75) is 13.8 Å². The largest absolute Gasteiger partial charge is 0.322 e. The molecule has 0 aliphatic heterocycles. The molecule has 0 spiro atoms. The van der Waals surface area contributed by atoms with Crippen molar-refractivity contribution in [3.8, 4) is 0 Å². The molecule has 7 heteroatoms. The van der Waals surface area contributed by atoms with Crippen LogP contribution in [0.5, 0.6) is 0 Å². The number of nitrogens with one attached hydrogen (secondary N) is 1. The fourth-order valence-electron chi connectivity index (χ4n) is 2.14. The lowest BCUT2D eigenvalue weighted by molar-refractivity contribution is 0.102. The molecule has 0 aliphatic carbocycles. The highest BCUT2D eigenvalue weighted by Gasteiger charge is 2.16. The number of sulfonamides is 1. The monoisotopic (exact) mass is 366 g/mol. The first-order valence-electron chi connectivity index (χ1n) is 7.21. The number of nitrogens with zero attached hydrogens (tertiary/aromatic N) is 1. The Labute approximate surface area is 147 Å². The van der Waals surface area contributed by atoms with Crippen molar-refractivity contribution in [3.63, 3.8) is 0 Å². The molecule has 1 amide bonds. The molecule has 0 heterocycles. The predicted octanol–water partition coefficient (Wildman–Crippen LogP) is 3.60. The number of carbonyl (C=O) groups excluding carboxylic acids is 1. The van der Waals surface area contributed by atoms with Gasteiger partial charge in [0.05, 0.1) is 22.5 Å². The van der Waals surface area contributed by atoms with E-state index in [2.05, 4.69) is 5.32 Å². The van der Waals surface area contributed by atoms with E-state index < -0.39 is 10.0 Å². The summed E-state index contributed by atoms with van der Waals surface area (Å²) in [4.78, 5) is 12.4. The van der Waals surface area contributed by atoms with Gasteiger partial charge in [0.1, 0.15) is 0 Å². The first kappa shape index (κ1) is 18.3. The smallest absolute Gasteiger partial charge is 0.257 e. The van der Waals surface area contributed by atoms with Gasteiger partial charge in [-0.25, -0.2) is 8.42 Å². The van der Waals surface area contributed by atoms with Crippen LogP contribution in [-0.2, 0) is 10.0 Å². The minimum absolute atomic E-state index is 0.186. The van der Waals surface area contributed by atoms with Crippen LogP contribution in [0.25, 0.3) is 0 Å². The van der Waals surface area contributed by atoms with Crippen LogP contribution in [0.3, 0.4) is 0 Å². The maximum absolute atomic E-state index is 12.4. The van der Waals surface area contributed by atoms with Gasteiger partial charge in [0, 0.05) is 12.7 Å². The van der Waals surface area contributed by atoms with E-state index in [9.17, 15) is 13.2 Å². The molecule has 0 fully saturated rings. The summed E-state index contributed by atoms with van der Waals surface area (Å²) in [6.45, 7) is 3.85. The first-order valence-corrected chi connectivity index (χ1v) is 9.44. The Morgan fingerprint density at radius 2 is 1.79 bits per heavy atom. The highest BCUT2D eigenvalue weighted by molar-refractivity contribution is 7.92. The van der Waals surface area contributed by atoms with Gasteiger partial charge in [0.15, 0.2) is 0 Å². The number of benzene rings is 2. The van der Waals surface area contributed by atoms with Gasteiger partial charge in [-0.05, 0) is 49.2 Å². The SMILES string of the molecule is Cc1ccc(C)c(NC(=O)c2ccc(N(C)S(C)(=O)=O)cc2Cl)c1. The number of carbonyl (C=O) groups is 1. The standard InChI is InChI=1S/C17H19ClN2O3S/c1-11-5-6-12(2)16(9-11)19-17(21)14-8-7-13(10-15(14)18)20(3)24(4,22)23/h5-10H,1-4H3,(H,19,21). The van der Waals surface area contributed by atoms with Gasteiger partial charge in [-0.15, -0.1) is 0 Å². The average Bonchev–Trinajstić information content (AvgIpc) is 2.49. The van der Waals surface area contributed by atoms with E-state index in [-0.39, 0.29) is 16.5 Å². The van der Waals surface area contributed by atoms with E-state index in [0.717, 1.165) is 21.7 Å². The summed E-state index contributed by atoms with van der Waals surface area (Å²) in [6.07, 6.45) is 1.10. The summed E-state index contributed by atoms with van der Waals surface area (Å²) in [5.41, 5.74) is 3.37. The zero-order valence-corrected chi connectivity index (χ0v) is 15.5. The number of halogens is 1. The second-order valence-corrected chi connectivity index (χ2v) is 8.09. The molecule has 2 aromatic rings. The Kier molecular flexibility index (Phi) is 5.20. The van der Waals surface area contributed by atoms with Crippen LogP contribution in [0.2, 0.25) is 5.02 Å². The molecule has 0 saturated heterocycles. The number of amides is 1. The van der Waals surface area contributed by atoms with Gasteiger partial charge < -0.3 is 5.32 Å². The van der Waals surface area contributed by atoms with Crippen LogP contribution in [-0.4, -0.2) is 27.6 Å². The second-order valence-electron chi connectivity index (χ2n) is 5.67. The van der Waals surface area contributed by atoms with E-state index >= 15 is 0 Å². The molecule has 2 aromatic carbocycles. The third-order valence-corrected chi connectivity index (χ3v) is 5.22. The fourth-order valence-corrected chi connectivity index (χ4v) is 2.89. The quantitative estimate of drug-likeness (QED) is 0.898. The normalized spacial score (nSPS) is 11.2. The summed E-state index contributed by atoms with van der Waals surface area (Å²) in [6, 6.07) is 10.3. The van der Waals surface area contributed by atoms with Crippen LogP contribution in [0.4, 0.5) is 11.4 Å². The molecule has 0 bridgehead atoms. The molecule has 0 radical (unpaired) electrons. The number of aryl methyl sites for hydroxylation is 2. The number of hydrogen-bond acceptors (Lipinski definition) is 3. The molecule has 5 nitrogen and oxygen atoms in total. The Bertz CT molecular complexity index is 895. The molecular weight excluding hydrogens is 348 g/mol. The number of anilines is 2. The topological polar surface area (TPSA) is 66.5 Å². The summed E-state index contributed by atoms with van der Waals surface area (Å²) in [5.74, 6) is -0.345. The maximum atomic E-state index is 12.4. The lowest BCUT2D eigenvalue weighted by atomic mass is 10.1. The molecule has 1 N–H and O–H groups in total. The van der Waals surface area contributed by atoms with Gasteiger partial charge >= 0.3 is 0 Å². The molecule has 0 atom stereocenters. The summed E-state index contributed by atoms with van der Waals surface area (Å²) in [7, 11) is -1.96. The van der Waals surface area contributed by atoms with Crippen molar-refractivity contribution in [2.24, 2.45) is 0 Å². The van der Waals surface area contributed by atoms with Crippen molar-refractivity contribution >= 4 is 38.9 Å². The van der Waals surface area contributed by atoms with Gasteiger partial charge in [-0.2, -0.15) is 0 Å². The van der Waals surface area contributed by atoms with E-state index in [0.29, 0.717) is 11.4 Å². The van der Waals surface area contributed by atoms with E-state index in [1.54, 1.807) is 6.07 Å². The Balaban J connectivity index is 2.29. The summed E-state index contributed by atoms with van der Waals surface area (Å²) in [5, 5.41) is 3.02. The minimum Gasteiger partial charge on any atom is -0.322 e. The first-order chi connectivity index (χ1) is 11.1. The minimum atomic E-state index is -3.39. The van der Waals surface area contributed by atoms with E-state index in [1.165, 1.54) is 19.2 Å². The number of rotatable bonds is 4. The average molecular weight is 367 g/mol. The number of hydrogen-bond donors (Lipinski definition) is 1. The Morgan fingerprint density at radius 3 is 2.38 bits per heavy atom. The lowest BCUT2D eigenvalue weighted by Crippen LogP contribution is -2.25. The molecule has 24 heavy (non-hydrogen) atoms. The second kappa shape index (κ2) is 6.83. The van der Waals surface area contributed by atoms with Crippen molar-refractivity contribution in [2.75, 3.05) is 22.9 Å². The van der Waals surface area contributed by atoms with Crippen molar-refractivity contribution in [1.29, 1.82) is 0 Å². The van der Waals surface area contributed by atoms with Crippen LogP contribution < -0.4 is 9.62 Å². The zero-order chi connectivity index (χ0) is 18.1. The molecule has 2 rings (SSSR count). The van der Waals surface area contributed by atoms with Gasteiger partial charge in [-0.1, -0.05) is 23.7 Å². The summed E-state index contributed by atoms with van der Waals surface area (Å²) >= 11 is 6.17. The zero-order valence-electron chi connectivity index (χ0n) is 13.9. The van der Waals surface area contributed by atoms with Gasteiger partial charge in [0.2, 0.25) is 10.0 Å². The lowest BCUT2D eigenvalue weighted by Gasteiger charge is -2.17. The third kappa shape index (κ3) is 4.07. The highest BCUT2D eigenvalue weighted by Crippen LogP contribution is 2.26. The van der Waals surface area contributed by atoms with E-state index in [1.807, 2.05) is 32.0 Å². The van der Waals surface area contributed by atoms with Gasteiger partial charge in [-0.3, -0.25) is 9.10 Å². The molecule has 0 aliphatic rings. The third-order valence-electron chi connectivity index (χ3n) is 3.70. The molecule has 0 unspecified atom stereocenters. The highest BCUT2D eigenvalue weighted by atomic mass is 35.5. The predicted molar refractivity (Wildman–Crippen MR) is 98.6 cm³/mol. The maximum Gasteiger partial charge on any atom is 0.257 e. The Hall–Kier alpha value is -2.05. The van der Waals surface area contributed by atoms with Crippen molar-refractivity contribution < 1.29 is 13.2 Å². The van der Waals surface area contributed by atoms with Crippen LogP contribution >= 0.6 is 11.6 Å². The van der Waals surface area contributed by atoms with Gasteiger partial charge in [0.25, 0.3) is 5.91 Å². The molecule has 0 aromatic heterocycles. The van der Waals surface area contributed by atoms with Crippen molar-refractivity contribution in [1.82, 2.24) is 0 Å². The van der Waals surface area contributed by atoms with E-state index in [4.69, 9.17) is 11.6 Å². The van der Waals surface area contributed by atoms with Crippen molar-refractivity contribution in [3.05, 3.63) is 58.1 Å². The Morgan fingerprint density at radius 1 is 1.12 bits per heavy atom.